The van der Waals surface area contributed by atoms with Gasteiger partial charge < -0.3 is 10.6 Å². The highest BCUT2D eigenvalue weighted by Gasteiger charge is 2.06. The van der Waals surface area contributed by atoms with Crippen molar-refractivity contribution in [1.29, 1.82) is 0 Å². The summed E-state index contributed by atoms with van der Waals surface area (Å²) in [5, 5.41) is 7.98. The fraction of sp³-hybridized carbons (Fsp3) is 0.0556. The quantitative estimate of drug-likeness (QED) is 0.710. The van der Waals surface area contributed by atoms with Gasteiger partial charge in [0.05, 0.1) is 4.88 Å². The van der Waals surface area contributed by atoms with Crippen molar-refractivity contribution in [3.8, 4) is 0 Å². The zero-order valence-corrected chi connectivity index (χ0v) is 13.1. The lowest BCUT2D eigenvalue weighted by molar-refractivity contribution is 0.103. The van der Waals surface area contributed by atoms with Gasteiger partial charge in [-0.3, -0.25) is 4.79 Å². The van der Waals surface area contributed by atoms with Gasteiger partial charge in [0.15, 0.2) is 0 Å². The van der Waals surface area contributed by atoms with Crippen LogP contribution in [0.1, 0.15) is 15.2 Å². The van der Waals surface area contributed by atoms with Gasteiger partial charge in [-0.25, -0.2) is 4.39 Å². The summed E-state index contributed by atoms with van der Waals surface area (Å²) in [4.78, 5) is 12.6. The van der Waals surface area contributed by atoms with Crippen LogP contribution in [0.25, 0.3) is 0 Å². The molecule has 0 radical (unpaired) electrons. The van der Waals surface area contributed by atoms with Crippen LogP contribution in [0.2, 0.25) is 0 Å². The Hall–Kier alpha value is -2.66. The van der Waals surface area contributed by atoms with Gasteiger partial charge in [-0.15, -0.1) is 11.3 Å². The minimum atomic E-state index is -0.236. The number of amides is 1. The second kappa shape index (κ2) is 7.07. The largest absolute Gasteiger partial charge is 0.381 e. The third kappa shape index (κ3) is 4.17. The zero-order chi connectivity index (χ0) is 16.1. The van der Waals surface area contributed by atoms with E-state index < -0.39 is 0 Å². The molecule has 23 heavy (non-hydrogen) atoms. The SMILES string of the molecule is O=C(Nc1ccc(NCc2ccc(F)cc2)cc1)c1cccs1. The van der Waals surface area contributed by atoms with Crippen molar-refractivity contribution in [2.75, 3.05) is 10.6 Å². The van der Waals surface area contributed by atoms with Crippen LogP contribution in [0.5, 0.6) is 0 Å². The maximum Gasteiger partial charge on any atom is 0.265 e. The number of hydrogen-bond donors (Lipinski definition) is 2. The molecule has 3 nitrogen and oxygen atoms in total. The zero-order valence-electron chi connectivity index (χ0n) is 12.3. The first-order valence-electron chi connectivity index (χ1n) is 7.14. The fourth-order valence-corrected chi connectivity index (χ4v) is 2.70. The van der Waals surface area contributed by atoms with E-state index in [1.165, 1.54) is 23.5 Å². The lowest BCUT2D eigenvalue weighted by Crippen LogP contribution is -2.10. The molecule has 2 N–H and O–H groups in total. The molecule has 116 valence electrons. The van der Waals surface area contributed by atoms with Crippen LogP contribution in [0, 0.1) is 5.82 Å². The Bertz CT molecular complexity index is 768. The van der Waals surface area contributed by atoms with Crippen molar-refractivity contribution in [2.24, 2.45) is 0 Å². The van der Waals surface area contributed by atoms with Crippen molar-refractivity contribution >= 4 is 28.6 Å². The fourth-order valence-electron chi connectivity index (χ4n) is 2.08. The summed E-state index contributed by atoms with van der Waals surface area (Å²) in [6.07, 6.45) is 0. The predicted octanol–water partition coefficient (Wildman–Crippen LogP) is 4.75. The van der Waals surface area contributed by atoms with Crippen molar-refractivity contribution in [3.63, 3.8) is 0 Å². The normalized spacial score (nSPS) is 10.3. The molecule has 0 atom stereocenters. The summed E-state index contributed by atoms with van der Waals surface area (Å²) in [7, 11) is 0. The first-order valence-corrected chi connectivity index (χ1v) is 8.02. The molecular formula is C18H15FN2OS. The molecule has 0 bridgehead atoms. The molecular weight excluding hydrogens is 311 g/mol. The summed E-state index contributed by atoms with van der Waals surface area (Å²) >= 11 is 1.41. The topological polar surface area (TPSA) is 41.1 Å². The van der Waals surface area contributed by atoms with Gasteiger partial charge in [-0.1, -0.05) is 18.2 Å². The lowest BCUT2D eigenvalue weighted by Gasteiger charge is -2.08. The van der Waals surface area contributed by atoms with Crippen molar-refractivity contribution in [2.45, 2.75) is 6.54 Å². The molecule has 0 aliphatic carbocycles. The average molecular weight is 326 g/mol. The van der Waals surface area contributed by atoms with Gasteiger partial charge in [0, 0.05) is 17.9 Å². The molecule has 0 saturated heterocycles. The predicted molar refractivity (Wildman–Crippen MR) is 92.4 cm³/mol. The Morgan fingerprint density at radius 2 is 1.65 bits per heavy atom. The first kappa shape index (κ1) is 15.2. The van der Waals surface area contributed by atoms with E-state index in [9.17, 15) is 9.18 Å². The summed E-state index contributed by atoms with van der Waals surface area (Å²) in [6, 6.07) is 17.5. The molecule has 5 heteroatoms. The van der Waals surface area contributed by atoms with Gasteiger partial charge in [0.2, 0.25) is 0 Å². The van der Waals surface area contributed by atoms with E-state index in [-0.39, 0.29) is 11.7 Å². The molecule has 0 saturated carbocycles. The second-order valence-corrected chi connectivity index (χ2v) is 5.94. The number of benzene rings is 2. The molecule has 1 heterocycles. The van der Waals surface area contributed by atoms with Crippen LogP contribution in [0.3, 0.4) is 0 Å². The van der Waals surface area contributed by atoms with Crippen LogP contribution >= 0.6 is 11.3 Å². The number of carbonyl (C=O) groups is 1. The molecule has 0 fully saturated rings. The van der Waals surface area contributed by atoms with Gasteiger partial charge in [-0.05, 0) is 53.4 Å². The summed E-state index contributed by atoms with van der Waals surface area (Å²) in [6.45, 7) is 0.612. The monoisotopic (exact) mass is 326 g/mol. The van der Waals surface area contributed by atoms with Gasteiger partial charge in [-0.2, -0.15) is 0 Å². The Morgan fingerprint density at radius 3 is 2.30 bits per heavy atom. The highest BCUT2D eigenvalue weighted by Crippen LogP contribution is 2.17. The van der Waals surface area contributed by atoms with Gasteiger partial charge in [0.1, 0.15) is 5.82 Å². The summed E-state index contributed by atoms with van der Waals surface area (Å²) in [5.41, 5.74) is 2.68. The van der Waals surface area contributed by atoms with Crippen LogP contribution in [0.15, 0.2) is 66.0 Å². The Balaban J connectivity index is 1.56. The van der Waals surface area contributed by atoms with E-state index in [2.05, 4.69) is 10.6 Å². The first-order chi connectivity index (χ1) is 11.2. The standard InChI is InChI=1S/C18H15FN2OS/c19-14-5-3-13(4-6-14)12-20-15-7-9-16(10-8-15)21-18(22)17-2-1-11-23-17/h1-11,20H,12H2,(H,21,22). The number of carbonyl (C=O) groups excluding carboxylic acids is 1. The van der Waals surface area contributed by atoms with Crippen LogP contribution < -0.4 is 10.6 Å². The molecule has 1 amide bonds. The molecule has 3 rings (SSSR count). The maximum absolute atomic E-state index is 12.8. The van der Waals surface area contributed by atoms with Gasteiger partial charge in [0.25, 0.3) is 5.91 Å². The summed E-state index contributed by atoms with van der Waals surface area (Å²) in [5.74, 6) is -0.341. The van der Waals surface area contributed by atoms with Crippen LogP contribution in [0.4, 0.5) is 15.8 Å². The smallest absolute Gasteiger partial charge is 0.265 e. The highest BCUT2D eigenvalue weighted by atomic mass is 32.1. The molecule has 0 unspecified atom stereocenters. The van der Waals surface area contributed by atoms with Crippen molar-refractivity contribution < 1.29 is 9.18 Å². The van der Waals surface area contributed by atoms with Crippen molar-refractivity contribution in [3.05, 3.63) is 82.3 Å². The lowest BCUT2D eigenvalue weighted by atomic mass is 10.2. The summed E-state index contributed by atoms with van der Waals surface area (Å²) < 4.78 is 12.8. The third-order valence-electron chi connectivity index (χ3n) is 3.30. The third-order valence-corrected chi connectivity index (χ3v) is 4.17. The minimum Gasteiger partial charge on any atom is -0.381 e. The molecule has 2 aromatic carbocycles. The molecule has 0 aliphatic rings. The number of thiophene rings is 1. The second-order valence-electron chi connectivity index (χ2n) is 4.99. The molecule has 3 aromatic rings. The van der Waals surface area contributed by atoms with E-state index in [4.69, 9.17) is 0 Å². The minimum absolute atomic E-state index is 0.105. The Kier molecular flexibility index (Phi) is 4.68. The molecule has 0 aliphatic heterocycles. The Morgan fingerprint density at radius 1 is 0.957 bits per heavy atom. The van der Waals surface area contributed by atoms with Crippen LogP contribution in [-0.4, -0.2) is 5.91 Å². The number of nitrogens with one attached hydrogen (secondary N) is 2. The number of halogens is 1. The van der Waals surface area contributed by atoms with Crippen molar-refractivity contribution in [1.82, 2.24) is 0 Å². The number of hydrogen-bond acceptors (Lipinski definition) is 3. The molecule has 0 spiro atoms. The molecule has 1 aromatic heterocycles. The number of anilines is 2. The van der Waals surface area contributed by atoms with Gasteiger partial charge >= 0.3 is 0 Å². The average Bonchev–Trinajstić information content (AvgIpc) is 3.10. The van der Waals surface area contributed by atoms with Crippen LogP contribution in [-0.2, 0) is 6.54 Å². The van der Waals surface area contributed by atoms with E-state index in [0.717, 1.165) is 16.9 Å². The number of rotatable bonds is 5. The van der Waals surface area contributed by atoms with E-state index in [1.807, 2.05) is 35.7 Å². The maximum atomic E-state index is 12.8. The van der Waals surface area contributed by atoms with E-state index >= 15 is 0 Å². The van der Waals surface area contributed by atoms with E-state index in [1.54, 1.807) is 18.2 Å². The van der Waals surface area contributed by atoms with E-state index in [0.29, 0.717) is 11.4 Å². The Labute approximate surface area is 137 Å². The highest BCUT2D eigenvalue weighted by molar-refractivity contribution is 7.12.